The molecular weight excluding hydrogens is 438 g/mol. The van der Waals surface area contributed by atoms with Crippen LogP contribution in [-0.2, 0) is 11.2 Å². The number of amides is 1. The molecule has 6 nitrogen and oxygen atoms in total. The number of carboxylic acid groups (broad SMARTS) is 1. The van der Waals surface area contributed by atoms with Crippen molar-refractivity contribution in [3.8, 4) is 16.8 Å². The Morgan fingerprint density at radius 2 is 1.77 bits per heavy atom. The topological polar surface area (TPSA) is 84.2 Å². The third kappa shape index (κ3) is 4.97. The Labute approximate surface area is 205 Å². The van der Waals surface area contributed by atoms with Gasteiger partial charge < -0.3 is 10.4 Å². The number of aromatic carboxylic acids is 1. The Balaban J connectivity index is 1.84. The Bertz CT molecular complexity index is 1390. The summed E-state index contributed by atoms with van der Waals surface area (Å²) in [6, 6.07) is 19.0. The second-order valence-corrected chi connectivity index (χ2v) is 8.79. The SMILES string of the molecule is CCCCc1nc2c(NC(=O)CCC)cccc2n1-c1ccc(-c2ccccc2C(=O)O)c(C)c1. The van der Waals surface area contributed by atoms with Crippen molar-refractivity contribution < 1.29 is 14.7 Å². The van der Waals surface area contributed by atoms with E-state index in [1.807, 2.05) is 56.3 Å². The molecule has 0 saturated carbocycles. The standard InChI is InChI=1S/C29H31N3O3/c1-4-6-15-26-31-28-24(30-27(33)10-5-2)13-9-14-25(28)32(26)20-16-17-21(19(3)18-20)22-11-7-8-12-23(22)29(34)35/h7-9,11-14,16-18H,4-6,10,15H2,1-3H3,(H,30,33)(H,34,35). The molecule has 0 saturated heterocycles. The molecule has 1 aromatic heterocycles. The lowest BCUT2D eigenvalue weighted by atomic mass is 9.95. The zero-order chi connectivity index (χ0) is 24.9. The van der Waals surface area contributed by atoms with Gasteiger partial charge in [-0.25, -0.2) is 9.78 Å². The van der Waals surface area contributed by atoms with Crippen molar-refractivity contribution in [2.45, 2.75) is 52.9 Å². The number of carbonyl (C=O) groups excluding carboxylic acids is 1. The predicted octanol–water partition coefficient (Wildman–Crippen LogP) is 6.78. The molecule has 35 heavy (non-hydrogen) atoms. The molecule has 6 heteroatoms. The molecule has 180 valence electrons. The van der Waals surface area contributed by atoms with E-state index in [1.165, 1.54) is 0 Å². The van der Waals surface area contributed by atoms with E-state index >= 15 is 0 Å². The zero-order valence-electron chi connectivity index (χ0n) is 20.5. The van der Waals surface area contributed by atoms with Gasteiger partial charge >= 0.3 is 5.97 Å². The van der Waals surface area contributed by atoms with Gasteiger partial charge in [-0.05, 0) is 66.8 Å². The Kier molecular flexibility index (Phi) is 7.30. The number of nitrogens with one attached hydrogen (secondary N) is 1. The minimum absolute atomic E-state index is 0.0121. The molecular formula is C29H31N3O3. The quantitative estimate of drug-likeness (QED) is 0.283. The smallest absolute Gasteiger partial charge is 0.336 e. The van der Waals surface area contributed by atoms with Crippen molar-refractivity contribution in [2.24, 2.45) is 0 Å². The predicted molar refractivity (Wildman–Crippen MR) is 140 cm³/mol. The number of imidazole rings is 1. The fourth-order valence-electron chi connectivity index (χ4n) is 4.47. The van der Waals surface area contributed by atoms with Crippen LogP contribution in [0.15, 0.2) is 60.7 Å². The van der Waals surface area contributed by atoms with Crippen LogP contribution in [0.2, 0.25) is 0 Å². The van der Waals surface area contributed by atoms with E-state index in [4.69, 9.17) is 4.98 Å². The Morgan fingerprint density at radius 3 is 2.49 bits per heavy atom. The average Bonchev–Trinajstić information content (AvgIpc) is 3.22. The van der Waals surface area contributed by atoms with E-state index in [-0.39, 0.29) is 11.5 Å². The molecule has 0 fully saturated rings. The minimum atomic E-state index is -0.941. The molecule has 0 spiro atoms. The Hall–Kier alpha value is -3.93. The van der Waals surface area contributed by atoms with Gasteiger partial charge in [0, 0.05) is 18.5 Å². The maximum atomic E-state index is 12.3. The summed E-state index contributed by atoms with van der Waals surface area (Å²) >= 11 is 0. The summed E-state index contributed by atoms with van der Waals surface area (Å²) in [6.07, 6.45) is 4.13. The summed E-state index contributed by atoms with van der Waals surface area (Å²) in [5, 5.41) is 12.7. The monoisotopic (exact) mass is 469 g/mol. The molecule has 4 aromatic rings. The van der Waals surface area contributed by atoms with Crippen molar-refractivity contribution in [3.63, 3.8) is 0 Å². The molecule has 1 heterocycles. The van der Waals surface area contributed by atoms with Crippen molar-refractivity contribution >= 4 is 28.6 Å². The second kappa shape index (κ2) is 10.6. The molecule has 0 aliphatic carbocycles. The van der Waals surface area contributed by atoms with E-state index in [2.05, 4.69) is 22.9 Å². The lowest BCUT2D eigenvalue weighted by Gasteiger charge is -2.14. The van der Waals surface area contributed by atoms with Gasteiger partial charge in [0.2, 0.25) is 5.91 Å². The van der Waals surface area contributed by atoms with Gasteiger partial charge in [-0.2, -0.15) is 0 Å². The summed E-state index contributed by atoms with van der Waals surface area (Å²) in [6.45, 7) is 6.14. The second-order valence-electron chi connectivity index (χ2n) is 8.79. The van der Waals surface area contributed by atoms with E-state index in [0.29, 0.717) is 12.0 Å². The number of nitrogens with zero attached hydrogens (tertiary/aromatic N) is 2. The molecule has 1 amide bonds. The first-order chi connectivity index (χ1) is 16.9. The van der Waals surface area contributed by atoms with Gasteiger partial charge in [0.05, 0.1) is 16.8 Å². The fourth-order valence-corrected chi connectivity index (χ4v) is 4.47. The highest BCUT2D eigenvalue weighted by Gasteiger charge is 2.18. The minimum Gasteiger partial charge on any atom is -0.478 e. The van der Waals surface area contributed by atoms with Crippen LogP contribution in [0.5, 0.6) is 0 Å². The van der Waals surface area contributed by atoms with Gasteiger partial charge in [-0.15, -0.1) is 0 Å². The molecule has 0 aliphatic rings. The summed E-state index contributed by atoms with van der Waals surface area (Å²) < 4.78 is 2.15. The lowest BCUT2D eigenvalue weighted by Crippen LogP contribution is -2.10. The van der Waals surface area contributed by atoms with Crippen LogP contribution in [0.3, 0.4) is 0 Å². The molecule has 0 bridgehead atoms. The van der Waals surface area contributed by atoms with Crippen LogP contribution >= 0.6 is 0 Å². The summed E-state index contributed by atoms with van der Waals surface area (Å²) in [5.41, 5.74) is 6.25. The third-order valence-electron chi connectivity index (χ3n) is 6.18. The van der Waals surface area contributed by atoms with Crippen molar-refractivity contribution in [2.75, 3.05) is 5.32 Å². The van der Waals surface area contributed by atoms with Crippen LogP contribution in [0.4, 0.5) is 5.69 Å². The van der Waals surface area contributed by atoms with Crippen LogP contribution in [0, 0.1) is 6.92 Å². The number of aromatic nitrogens is 2. The average molecular weight is 470 g/mol. The highest BCUT2D eigenvalue weighted by Crippen LogP contribution is 2.32. The number of rotatable bonds is 9. The van der Waals surface area contributed by atoms with E-state index < -0.39 is 5.97 Å². The number of carboxylic acids is 1. The number of aryl methyl sites for hydroxylation is 2. The van der Waals surface area contributed by atoms with Gasteiger partial charge in [0.1, 0.15) is 11.3 Å². The molecule has 0 aliphatic heterocycles. The van der Waals surface area contributed by atoms with E-state index in [1.54, 1.807) is 12.1 Å². The highest BCUT2D eigenvalue weighted by molar-refractivity contribution is 6.00. The van der Waals surface area contributed by atoms with Crippen molar-refractivity contribution in [3.05, 3.63) is 77.6 Å². The maximum Gasteiger partial charge on any atom is 0.336 e. The molecule has 0 atom stereocenters. The summed E-state index contributed by atoms with van der Waals surface area (Å²) in [5.74, 6) is -0.0109. The maximum absolute atomic E-state index is 12.3. The van der Waals surface area contributed by atoms with Crippen LogP contribution in [-0.4, -0.2) is 26.5 Å². The summed E-state index contributed by atoms with van der Waals surface area (Å²) in [4.78, 5) is 29.0. The number of hydrogen-bond donors (Lipinski definition) is 2. The van der Waals surface area contributed by atoms with Crippen LogP contribution in [0.25, 0.3) is 27.8 Å². The van der Waals surface area contributed by atoms with Gasteiger partial charge in [0.15, 0.2) is 0 Å². The fraction of sp³-hybridized carbons (Fsp3) is 0.276. The highest BCUT2D eigenvalue weighted by atomic mass is 16.4. The number of unbranched alkanes of at least 4 members (excludes halogenated alkanes) is 1. The van der Waals surface area contributed by atoms with Gasteiger partial charge in [0.25, 0.3) is 0 Å². The first kappa shape index (κ1) is 24.2. The number of fused-ring (bicyclic) bond motifs is 1. The van der Waals surface area contributed by atoms with Crippen molar-refractivity contribution in [1.29, 1.82) is 0 Å². The number of anilines is 1. The largest absolute Gasteiger partial charge is 0.478 e. The van der Waals surface area contributed by atoms with Crippen LogP contribution < -0.4 is 5.32 Å². The third-order valence-corrected chi connectivity index (χ3v) is 6.18. The van der Waals surface area contributed by atoms with Gasteiger partial charge in [-0.3, -0.25) is 9.36 Å². The molecule has 0 unspecified atom stereocenters. The van der Waals surface area contributed by atoms with Crippen LogP contribution in [0.1, 0.15) is 61.3 Å². The number of carbonyl (C=O) groups is 2. The summed E-state index contributed by atoms with van der Waals surface area (Å²) in [7, 11) is 0. The van der Waals surface area contributed by atoms with Gasteiger partial charge in [-0.1, -0.05) is 50.6 Å². The van der Waals surface area contributed by atoms with E-state index in [0.717, 1.165) is 65.0 Å². The zero-order valence-corrected chi connectivity index (χ0v) is 20.5. The molecule has 0 radical (unpaired) electrons. The Morgan fingerprint density at radius 1 is 0.971 bits per heavy atom. The number of para-hydroxylation sites is 1. The first-order valence-corrected chi connectivity index (χ1v) is 12.2. The van der Waals surface area contributed by atoms with E-state index in [9.17, 15) is 14.7 Å². The lowest BCUT2D eigenvalue weighted by molar-refractivity contribution is -0.116. The number of benzene rings is 3. The first-order valence-electron chi connectivity index (χ1n) is 12.2. The van der Waals surface area contributed by atoms with Crippen molar-refractivity contribution in [1.82, 2.24) is 9.55 Å². The normalized spacial score (nSPS) is 11.1. The molecule has 2 N–H and O–H groups in total. The number of hydrogen-bond acceptors (Lipinski definition) is 3. The molecule has 4 rings (SSSR count). The molecule has 3 aromatic carbocycles.